The van der Waals surface area contributed by atoms with E-state index in [1.165, 1.54) is 12.1 Å². The van der Waals surface area contributed by atoms with Crippen LogP contribution in [0.1, 0.15) is 34.7 Å². The summed E-state index contributed by atoms with van der Waals surface area (Å²) < 4.78 is 18.8. The van der Waals surface area contributed by atoms with Crippen LogP contribution >= 0.6 is 11.3 Å². The number of aryl methyl sites for hydroxylation is 1. The first-order chi connectivity index (χ1) is 17.4. The summed E-state index contributed by atoms with van der Waals surface area (Å²) in [4.78, 5) is 27.1. The van der Waals surface area contributed by atoms with Crippen LogP contribution in [0, 0.1) is 12.7 Å². The molecule has 6 nitrogen and oxygen atoms in total. The Balaban J connectivity index is 1.47. The van der Waals surface area contributed by atoms with Gasteiger partial charge in [0.15, 0.2) is 0 Å². The summed E-state index contributed by atoms with van der Waals surface area (Å²) in [6.45, 7) is 3.09. The third kappa shape index (κ3) is 5.49. The van der Waals surface area contributed by atoms with Gasteiger partial charge in [0.25, 0.3) is 0 Å². The fraction of sp³-hybridized carbons (Fsp3) is 0.321. The van der Waals surface area contributed by atoms with Gasteiger partial charge in [-0.15, -0.1) is 11.3 Å². The van der Waals surface area contributed by atoms with E-state index in [1.807, 2.05) is 37.1 Å². The lowest BCUT2D eigenvalue weighted by molar-refractivity contribution is -0.131. The molecule has 1 amide bonds. The van der Waals surface area contributed by atoms with E-state index in [-0.39, 0.29) is 24.2 Å². The molecule has 0 bridgehead atoms. The highest BCUT2D eigenvalue weighted by atomic mass is 32.1. The first-order valence-corrected chi connectivity index (χ1v) is 12.9. The van der Waals surface area contributed by atoms with Crippen LogP contribution in [0.15, 0.2) is 53.9 Å². The molecule has 0 radical (unpaired) electrons. The molecule has 0 unspecified atom stereocenters. The molecule has 0 spiro atoms. The second-order valence-corrected chi connectivity index (χ2v) is 10.4. The predicted molar refractivity (Wildman–Crippen MR) is 141 cm³/mol. The molecule has 0 N–H and O–H groups in total. The number of thiazole rings is 1. The number of carbonyl (C=O) groups is 1. The second-order valence-electron chi connectivity index (χ2n) is 9.30. The molecule has 1 saturated carbocycles. The molecule has 186 valence electrons. The number of benzene rings is 2. The SMILES string of the molecule is COc1ccc2cc(CN(C(=O)Cc3ccc(F)cc3)C3CC3)c(N(C)Cc3csc(C)n3)nc2c1. The van der Waals surface area contributed by atoms with Gasteiger partial charge in [0, 0.05) is 42.0 Å². The average molecular weight is 505 g/mol. The lowest BCUT2D eigenvalue weighted by atomic mass is 10.1. The first kappa shape index (κ1) is 24.2. The summed E-state index contributed by atoms with van der Waals surface area (Å²) in [6.07, 6.45) is 2.24. The summed E-state index contributed by atoms with van der Waals surface area (Å²) >= 11 is 1.63. The Labute approximate surface area is 214 Å². The van der Waals surface area contributed by atoms with E-state index in [2.05, 4.69) is 21.3 Å². The van der Waals surface area contributed by atoms with Crippen LogP contribution in [0.5, 0.6) is 5.75 Å². The topological polar surface area (TPSA) is 58.6 Å². The molecular formula is C28H29FN4O2S. The predicted octanol–water partition coefficient (Wildman–Crippen LogP) is 5.52. The normalized spacial score (nSPS) is 13.1. The van der Waals surface area contributed by atoms with Crippen molar-refractivity contribution in [3.8, 4) is 5.75 Å². The van der Waals surface area contributed by atoms with Crippen LogP contribution < -0.4 is 9.64 Å². The van der Waals surface area contributed by atoms with Gasteiger partial charge in [0.1, 0.15) is 17.4 Å². The van der Waals surface area contributed by atoms with Gasteiger partial charge in [0.05, 0.1) is 36.3 Å². The van der Waals surface area contributed by atoms with Crippen molar-refractivity contribution in [2.75, 3.05) is 19.1 Å². The summed E-state index contributed by atoms with van der Waals surface area (Å²) in [5.74, 6) is 1.32. The zero-order valence-corrected chi connectivity index (χ0v) is 21.5. The number of aromatic nitrogens is 2. The Hall–Kier alpha value is -3.52. The Morgan fingerprint density at radius 1 is 1.11 bits per heavy atom. The van der Waals surface area contributed by atoms with Crippen molar-refractivity contribution in [2.24, 2.45) is 0 Å². The van der Waals surface area contributed by atoms with Gasteiger partial charge in [-0.2, -0.15) is 0 Å². The first-order valence-electron chi connectivity index (χ1n) is 12.0. The van der Waals surface area contributed by atoms with E-state index in [0.717, 1.165) is 57.1 Å². The number of amides is 1. The molecule has 8 heteroatoms. The van der Waals surface area contributed by atoms with Gasteiger partial charge in [-0.1, -0.05) is 12.1 Å². The van der Waals surface area contributed by atoms with Crippen LogP contribution in [-0.2, 0) is 24.3 Å². The standard InChI is InChI=1S/C28H29FN4O2S/c1-18-30-23(17-36-18)16-32(2)28-21(13-20-6-11-25(35-3)14-26(20)31-28)15-33(24-9-10-24)27(34)12-19-4-7-22(29)8-5-19/h4-8,11,13-14,17,24H,9-10,12,15-16H2,1-3H3. The molecule has 2 aromatic heterocycles. The van der Waals surface area contributed by atoms with Gasteiger partial charge < -0.3 is 14.5 Å². The number of halogens is 1. The zero-order valence-electron chi connectivity index (χ0n) is 20.7. The quantitative estimate of drug-likeness (QED) is 0.301. The fourth-order valence-electron chi connectivity index (χ4n) is 4.42. The minimum Gasteiger partial charge on any atom is -0.497 e. The van der Waals surface area contributed by atoms with Crippen molar-refractivity contribution in [2.45, 2.75) is 45.3 Å². The molecule has 1 fully saturated rings. The molecule has 1 aliphatic carbocycles. The van der Waals surface area contributed by atoms with Crippen molar-refractivity contribution in [1.82, 2.24) is 14.9 Å². The number of hydrogen-bond donors (Lipinski definition) is 0. The highest BCUT2D eigenvalue weighted by molar-refractivity contribution is 7.09. The van der Waals surface area contributed by atoms with Gasteiger partial charge in [-0.25, -0.2) is 14.4 Å². The number of nitrogens with zero attached hydrogens (tertiary/aromatic N) is 4. The third-order valence-electron chi connectivity index (χ3n) is 6.43. The number of ether oxygens (including phenoxy) is 1. The third-order valence-corrected chi connectivity index (χ3v) is 7.25. The van der Waals surface area contributed by atoms with E-state index in [9.17, 15) is 9.18 Å². The van der Waals surface area contributed by atoms with E-state index in [0.29, 0.717) is 13.1 Å². The minimum atomic E-state index is -0.299. The molecule has 1 aliphatic rings. The van der Waals surface area contributed by atoms with Gasteiger partial charge in [-0.05, 0) is 55.7 Å². The number of pyridine rings is 1. The number of rotatable bonds is 9. The Kier molecular flexibility index (Phi) is 6.87. The zero-order chi connectivity index (χ0) is 25.2. The van der Waals surface area contributed by atoms with E-state index in [1.54, 1.807) is 30.6 Å². The van der Waals surface area contributed by atoms with Crippen LogP contribution in [0.25, 0.3) is 10.9 Å². The van der Waals surface area contributed by atoms with Crippen molar-refractivity contribution in [3.63, 3.8) is 0 Å². The summed E-state index contributed by atoms with van der Waals surface area (Å²) in [5, 5.41) is 4.09. The monoisotopic (exact) mass is 504 g/mol. The maximum Gasteiger partial charge on any atom is 0.227 e. The van der Waals surface area contributed by atoms with Crippen molar-refractivity contribution >= 4 is 34.0 Å². The van der Waals surface area contributed by atoms with Gasteiger partial charge in [-0.3, -0.25) is 4.79 Å². The summed E-state index contributed by atoms with van der Waals surface area (Å²) in [6, 6.07) is 14.4. The van der Waals surface area contributed by atoms with Crippen LogP contribution in [-0.4, -0.2) is 41.0 Å². The lowest BCUT2D eigenvalue weighted by Crippen LogP contribution is -2.34. The molecule has 0 aliphatic heterocycles. The van der Waals surface area contributed by atoms with Crippen LogP contribution in [0.2, 0.25) is 0 Å². The highest BCUT2D eigenvalue weighted by Gasteiger charge is 2.33. The maximum absolute atomic E-state index is 13.4. The second kappa shape index (κ2) is 10.2. The number of methoxy groups -OCH3 is 1. The highest BCUT2D eigenvalue weighted by Crippen LogP contribution is 2.33. The molecule has 0 atom stereocenters. The molecule has 5 rings (SSSR count). The average Bonchev–Trinajstić information content (AvgIpc) is 3.63. The molecule has 36 heavy (non-hydrogen) atoms. The van der Waals surface area contributed by atoms with Crippen LogP contribution in [0.4, 0.5) is 10.2 Å². The number of anilines is 1. The smallest absolute Gasteiger partial charge is 0.227 e. The van der Waals surface area contributed by atoms with E-state index >= 15 is 0 Å². The van der Waals surface area contributed by atoms with Gasteiger partial charge in [0.2, 0.25) is 5.91 Å². The molecular weight excluding hydrogens is 475 g/mol. The van der Waals surface area contributed by atoms with Crippen molar-refractivity contribution < 1.29 is 13.9 Å². The largest absolute Gasteiger partial charge is 0.497 e. The molecule has 4 aromatic rings. The van der Waals surface area contributed by atoms with E-state index < -0.39 is 0 Å². The number of hydrogen-bond acceptors (Lipinski definition) is 6. The maximum atomic E-state index is 13.4. The van der Waals surface area contributed by atoms with Gasteiger partial charge >= 0.3 is 0 Å². The minimum absolute atomic E-state index is 0.0441. The van der Waals surface area contributed by atoms with Crippen molar-refractivity contribution in [3.05, 3.63) is 81.6 Å². The fourth-order valence-corrected chi connectivity index (χ4v) is 5.03. The molecule has 2 heterocycles. The Morgan fingerprint density at radius 2 is 1.89 bits per heavy atom. The van der Waals surface area contributed by atoms with Crippen LogP contribution in [0.3, 0.4) is 0 Å². The van der Waals surface area contributed by atoms with Crippen molar-refractivity contribution in [1.29, 1.82) is 0 Å². The Morgan fingerprint density at radius 3 is 2.56 bits per heavy atom. The number of fused-ring (bicyclic) bond motifs is 1. The molecule has 0 saturated heterocycles. The summed E-state index contributed by atoms with van der Waals surface area (Å²) in [7, 11) is 3.65. The summed E-state index contributed by atoms with van der Waals surface area (Å²) in [5.41, 5.74) is 3.63. The Bertz CT molecular complexity index is 1380. The lowest BCUT2D eigenvalue weighted by Gasteiger charge is -2.27. The van der Waals surface area contributed by atoms with E-state index in [4.69, 9.17) is 9.72 Å². The number of carbonyl (C=O) groups excluding carboxylic acids is 1. The molecule has 2 aromatic carbocycles.